The largest absolute Gasteiger partial charge is 0.490 e. The van der Waals surface area contributed by atoms with Crippen molar-refractivity contribution in [2.24, 2.45) is 0 Å². The molecule has 0 saturated heterocycles. The number of benzene rings is 1. The van der Waals surface area contributed by atoms with Crippen molar-refractivity contribution in [3.63, 3.8) is 0 Å². The molecule has 0 bridgehead atoms. The molecule has 0 radical (unpaired) electrons. The zero-order valence-electron chi connectivity index (χ0n) is 16.5. The first-order chi connectivity index (χ1) is 13.1. The first kappa shape index (κ1) is 24.5. The van der Waals surface area contributed by atoms with E-state index in [1.54, 1.807) is 0 Å². The van der Waals surface area contributed by atoms with Crippen LogP contribution < -0.4 is 5.32 Å². The SMILES string of the molecule is CC(C)NC(=O)c1noc(-c2ccc(C(C)(C)C)cc2)c1Cl.O=C(O)C(F)(F)F. The lowest BCUT2D eigenvalue weighted by atomic mass is 9.86. The normalized spacial score (nSPS) is 11.7. The van der Waals surface area contributed by atoms with E-state index in [2.05, 4.69) is 31.2 Å². The van der Waals surface area contributed by atoms with Gasteiger partial charge in [0.05, 0.1) is 0 Å². The Morgan fingerprint density at radius 2 is 1.62 bits per heavy atom. The Morgan fingerprint density at radius 1 is 1.14 bits per heavy atom. The van der Waals surface area contributed by atoms with Crippen LogP contribution in [0.1, 0.15) is 50.7 Å². The van der Waals surface area contributed by atoms with Crippen LogP contribution in [0.2, 0.25) is 5.02 Å². The summed E-state index contributed by atoms with van der Waals surface area (Å²) in [7, 11) is 0. The summed E-state index contributed by atoms with van der Waals surface area (Å²) < 4.78 is 37.0. The van der Waals surface area contributed by atoms with Gasteiger partial charge in [-0.05, 0) is 24.8 Å². The van der Waals surface area contributed by atoms with Crippen LogP contribution in [-0.2, 0) is 10.2 Å². The summed E-state index contributed by atoms with van der Waals surface area (Å²) in [6.45, 7) is 10.2. The number of carboxylic acid groups (broad SMARTS) is 1. The molecule has 0 atom stereocenters. The van der Waals surface area contributed by atoms with Crippen LogP contribution in [0.25, 0.3) is 11.3 Å². The molecular formula is C19H22ClF3N2O4. The standard InChI is InChI=1S/C17H21ClN2O2.C2HF3O2/c1-10(2)19-16(21)14-13(18)15(22-20-14)11-6-8-12(9-7-11)17(3,4)5;3-2(4,5)1(6)7/h6-10H,1-5H3,(H,19,21);(H,6,7). The van der Waals surface area contributed by atoms with Crippen molar-refractivity contribution >= 4 is 23.5 Å². The number of rotatable bonds is 3. The number of aliphatic carboxylic acids is 1. The van der Waals surface area contributed by atoms with Crippen LogP contribution in [0.5, 0.6) is 0 Å². The fourth-order valence-electron chi connectivity index (χ4n) is 2.05. The predicted octanol–water partition coefficient (Wildman–Crippen LogP) is 5.06. The Hall–Kier alpha value is -2.55. The maximum atomic E-state index is 12.0. The zero-order chi connectivity index (χ0) is 22.6. The van der Waals surface area contributed by atoms with Crippen molar-refractivity contribution in [3.8, 4) is 11.3 Å². The van der Waals surface area contributed by atoms with E-state index in [0.717, 1.165) is 5.56 Å². The van der Waals surface area contributed by atoms with Gasteiger partial charge in [0.25, 0.3) is 5.91 Å². The second-order valence-corrected chi connectivity index (χ2v) is 7.81. The molecule has 0 saturated carbocycles. The molecule has 0 spiro atoms. The van der Waals surface area contributed by atoms with Crippen LogP contribution in [-0.4, -0.2) is 34.4 Å². The van der Waals surface area contributed by atoms with Crippen LogP contribution >= 0.6 is 11.6 Å². The fourth-order valence-corrected chi connectivity index (χ4v) is 2.32. The molecule has 0 unspecified atom stereocenters. The Labute approximate surface area is 171 Å². The molecule has 1 aromatic heterocycles. The number of carbonyl (C=O) groups excluding carboxylic acids is 1. The van der Waals surface area contributed by atoms with Crippen molar-refractivity contribution < 1.29 is 32.4 Å². The smallest absolute Gasteiger partial charge is 0.475 e. The second kappa shape index (κ2) is 9.30. The summed E-state index contributed by atoms with van der Waals surface area (Å²) >= 11 is 6.25. The third-order valence-electron chi connectivity index (χ3n) is 3.53. The van der Waals surface area contributed by atoms with E-state index in [1.807, 2.05) is 38.1 Å². The molecular weight excluding hydrogens is 413 g/mol. The van der Waals surface area contributed by atoms with Crippen molar-refractivity contribution in [2.45, 2.75) is 52.3 Å². The quantitative estimate of drug-likeness (QED) is 0.704. The number of amides is 1. The molecule has 10 heteroatoms. The van der Waals surface area contributed by atoms with Crippen LogP contribution in [0.15, 0.2) is 28.8 Å². The van der Waals surface area contributed by atoms with Crippen LogP contribution in [0.4, 0.5) is 13.2 Å². The second-order valence-electron chi connectivity index (χ2n) is 7.43. The Bertz CT molecular complexity index is 854. The number of nitrogens with one attached hydrogen (secondary N) is 1. The monoisotopic (exact) mass is 434 g/mol. The van der Waals surface area contributed by atoms with Crippen molar-refractivity contribution in [3.05, 3.63) is 40.5 Å². The van der Waals surface area contributed by atoms with Gasteiger partial charge in [0.2, 0.25) is 0 Å². The number of carbonyl (C=O) groups is 2. The first-order valence-electron chi connectivity index (χ1n) is 8.51. The van der Waals surface area contributed by atoms with Gasteiger partial charge in [0.15, 0.2) is 11.5 Å². The van der Waals surface area contributed by atoms with E-state index in [1.165, 1.54) is 5.56 Å². The molecule has 2 N–H and O–H groups in total. The lowest BCUT2D eigenvalue weighted by molar-refractivity contribution is -0.192. The summed E-state index contributed by atoms with van der Waals surface area (Å²) in [6.07, 6.45) is -5.08. The minimum absolute atomic E-state index is 0.00906. The molecule has 0 fully saturated rings. The molecule has 1 aromatic carbocycles. The summed E-state index contributed by atoms with van der Waals surface area (Å²) in [5, 5.41) is 13.9. The Morgan fingerprint density at radius 3 is 2.00 bits per heavy atom. The van der Waals surface area contributed by atoms with Gasteiger partial charge in [-0.1, -0.05) is 61.8 Å². The summed E-state index contributed by atoms with van der Waals surface area (Å²) in [5.41, 5.74) is 2.20. The van der Waals surface area contributed by atoms with Crippen LogP contribution in [0.3, 0.4) is 0 Å². The zero-order valence-corrected chi connectivity index (χ0v) is 17.3. The molecule has 1 heterocycles. The summed E-state index contributed by atoms with van der Waals surface area (Å²) in [6, 6.07) is 7.92. The van der Waals surface area contributed by atoms with Gasteiger partial charge in [-0.25, -0.2) is 4.79 Å². The summed E-state index contributed by atoms with van der Waals surface area (Å²) in [4.78, 5) is 20.9. The molecule has 2 aromatic rings. The molecule has 0 aliphatic carbocycles. The van der Waals surface area contributed by atoms with Gasteiger partial charge in [0, 0.05) is 11.6 Å². The minimum Gasteiger partial charge on any atom is -0.475 e. The van der Waals surface area contributed by atoms with E-state index in [4.69, 9.17) is 26.0 Å². The molecule has 0 aliphatic heterocycles. The topological polar surface area (TPSA) is 92.4 Å². The number of hydrogen-bond donors (Lipinski definition) is 2. The van der Waals surface area contributed by atoms with Crippen molar-refractivity contribution in [1.82, 2.24) is 10.5 Å². The molecule has 0 aliphatic rings. The number of hydrogen-bond acceptors (Lipinski definition) is 4. The number of carboxylic acids is 1. The van der Waals surface area contributed by atoms with E-state index < -0.39 is 12.1 Å². The lowest BCUT2D eigenvalue weighted by Gasteiger charge is -2.18. The van der Waals surface area contributed by atoms with E-state index in [-0.39, 0.29) is 28.1 Å². The van der Waals surface area contributed by atoms with Gasteiger partial charge >= 0.3 is 12.1 Å². The molecule has 6 nitrogen and oxygen atoms in total. The molecule has 1 amide bonds. The third kappa shape index (κ3) is 7.08. The number of nitrogens with zero attached hydrogens (tertiary/aromatic N) is 1. The van der Waals surface area contributed by atoms with Gasteiger partial charge in [-0.15, -0.1) is 0 Å². The summed E-state index contributed by atoms with van der Waals surface area (Å²) in [5.74, 6) is -2.68. The number of aromatic nitrogens is 1. The van der Waals surface area contributed by atoms with E-state index >= 15 is 0 Å². The maximum absolute atomic E-state index is 12.0. The number of halogens is 4. The Kier molecular flexibility index (Phi) is 7.85. The van der Waals surface area contributed by atoms with Gasteiger partial charge in [-0.2, -0.15) is 13.2 Å². The highest BCUT2D eigenvalue weighted by atomic mass is 35.5. The van der Waals surface area contributed by atoms with Gasteiger partial charge < -0.3 is 14.9 Å². The van der Waals surface area contributed by atoms with Gasteiger partial charge in [-0.3, -0.25) is 4.79 Å². The highest BCUT2D eigenvalue weighted by molar-refractivity contribution is 6.35. The minimum atomic E-state index is -5.08. The third-order valence-corrected chi connectivity index (χ3v) is 3.88. The Balaban J connectivity index is 0.000000516. The molecule has 2 rings (SSSR count). The van der Waals surface area contributed by atoms with E-state index in [0.29, 0.717) is 5.76 Å². The number of alkyl halides is 3. The fraction of sp³-hybridized carbons (Fsp3) is 0.421. The van der Waals surface area contributed by atoms with Crippen molar-refractivity contribution in [1.29, 1.82) is 0 Å². The predicted molar refractivity (Wildman–Crippen MR) is 102 cm³/mol. The van der Waals surface area contributed by atoms with Crippen LogP contribution in [0, 0.1) is 0 Å². The average molecular weight is 435 g/mol. The lowest BCUT2D eigenvalue weighted by Crippen LogP contribution is -2.30. The molecule has 29 heavy (non-hydrogen) atoms. The molecule has 160 valence electrons. The average Bonchev–Trinajstić information content (AvgIpc) is 2.95. The highest BCUT2D eigenvalue weighted by Crippen LogP contribution is 2.32. The van der Waals surface area contributed by atoms with Gasteiger partial charge in [0.1, 0.15) is 5.02 Å². The maximum Gasteiger partial charge on any atom is 0.490 e. The first-order valence-corrected chi connectivity index (χ1v) is 8.89. The highest BCUT2D eigenvalue weighted by Gasteiger charge is 2.38. The van der Waals surface area contributed by atoms with Crippen molar-refractivity contribution in [2.75, 3.05) is 0 Å². The van der Waals surface area contributed by atoms with E-state index in [9.17, 15) is 18.0 Å².